The van der Waals surface area contributed by atoms with Gasteiger partial charge >= 0.3 is 5.97 Å². The lowest BCUT2D eigenvalue weighted by Gasteiger charge is -2.08. The lowest BCUT2D eigenvalue weighted by atomic mass is 10.0. The fourth-order valence-corrected chi connectivity index (χ4v) is 3.26. The first-order chi connectivity index (χ1) is 12.8. The summed E-state index contributed by atoms with van der Waals surface area (Å²) in [5.74, 6) is -1.86. The van der Waals surface area contributed by atoms with Crippen molar-refractivity contribution in [3.8, 4) is 5.75 Å². The Morgan fingerprint density at radius 1 is 1.15 bits per heavy atom. The lowest BCUT2D eigenvalue weighted by molar-refractivity contribution is 0.0694. The molecule has 1 unspecified atom stereocenters. The molecule has 3 N–H and O–H groups in total. The topological polar surface area (TPSA) is 120 Å². The number of hydrogen-bond acceptors (Lipinski definition) is 5. The maximum atomic E-state index is 11.6. The molecule has 27 heavy (non-hydrogen) atoms. The van der Waals surface area contributed by atoms with E-state index in [0.29, 0.717) is 21.4 Å². The van der Waals surface area contributed by atoms with Gasteiger partial charge in [0, 0.05) is 10.4 Å². The summed E-state index contributed by atoms with van der Waals surface area (Å²) >= 11 is 3.73. The van der Waals surface area contributed by atoms with E-state index in [1.54, 1.807) is 31.2 Å². The second-order valence-electron chi connectivity index (χ2n) is 5.67. The van der Waals surface area contributed by atoms with E-state index >= 15 is 0 Å². The van der Waals surface area contributed by atoms with Gasteiger partial charge in [0.15, 0.2) is 16.8 Å². The standard InChI is InChI=1S/C18H13ClN2O5S/c1-9-6-15(27(25)26)14(8-13(9)19)20-21-16-11-5-3-2-4-10(11)7-12(17(16)22)18(23)24/h2-8,22H,1H3,(H,23,24)(H,25,26)/b21-20+. The molecule has 7 nitrogen and oxygen atoms in total. The molecule has 0 heterocycles. The van der Waals surface area contributed by atoms with Gasteiger partial charge in [-0.2, -0.15) is 0 Å². The van der Waals surface area contributed by atoms with E-state index in [9.17, 15) is 23.8 Å². The van der Waals surface area contributed by atoms with E-state index < -0.39 is 22.8 Å². The van der Waals surface area contributed by atoms with Gasteiger partial charge in [-0.15, -0.1) is 10.2 Å². The summed E-state index contributed by atoms with van der Waals surface area (Å²) in [5.41, 5.74) is 0.247. The second-order valence-corrected chi connectivity index (χ2v) is 7.01. The fourth-order valence-electron chi connectivity index (χ4n) is 2.55. The van der Waals surface area contributed by atoms with Gasteiger partial charge in [-0.1, -0.05) is 35.9 Å². The van der Waals surface area contributed by atoms with E-state index in [2.05, 4.69) is 10.2 Å². The molecular weight excluding hydrogens is 392 g/mol. The molecule has 0 spiro atoms. The van der Waals surface area contributed by atoms with Crippen molar-refractivity contribution in [2.75, 3.05) is 0 Å². The van der Waals surface area contributed by atoms with Crippen LogP contribution in [0.4, 0.5) is 11.4 Å². The van der Waals surface area contributed by atoms with Gasteiger partial charge < -0.3 is 14.8 Å². The van der Waals surface area contributed by atoms with Gasteiger partial charge in [0.2, 0.25) is 0 Å². The number of halogens is 1. The van der Waals surface area contributed by atoms with Crippen molar-refractivity contribution >= 4 is 50.8 Å². The van der Waals surface area contributed by atoms with Gasteiger partial charge in [0.1, 0.15) is 16.9 Å². The number of aromatic hydroxyl groups is 1. The van der Waals surface area contributed by atoms with E-state index in [1.165, 1.54) is 18.2 Å². The molecule has 1 atom stereocenters. The molecule has 138 valence electrons. The molecule has 0 aliphatic rings. The Balaban J connectivity index is 2.23. The van der Waals surface area contributed by atoms with Crippen molar-refractivity contribution in [3.05, 3.63) is 58.6 Å². The fraction of sp³-hybridized carbons (Fsp3) is 0.0556. The summed E-state index contributed by atoms with van der Waals surface area (Å²) in [7, 11) is 0. The zero-order valence-corrected chi connectivity index (χ0v) is 15.5. The minimum absolute atomic E-state index is 0.00108. The van der Waals surface area contributed by atoms with Crippen LogP contribution in [0.25, 0.3) is 10.8 Å². The predicted molar refractivity (Wildman–Crippen MR) is 102 cm³/mol. The normalized spacial score (nSPS) is 12.6. The quantitative estimate of drug-likeness (QED) is 0.407. The zero-order valence-electron chi connectivity index (χ0n) is 13.9. The second kappa shape index (κ2) is 7.43. The van der Waals surface area contributed by atoms with Crippen LogP contribution in [0.15, 0.2) is 57.6 Å². The van der Waals surface area contributed by atoms with Crippen LogP contribution in [0.1, 0.15) is 15.9 Å². The molecule has 0 bridgehead atoms. The Kier molecular flexibility index (Phi) is 5.22. The maximum Gasteiger partial charge on any atom is 0.339 e. The maximum absolute atomic E-state index is 11.6. The summed E-state index contributed by atoms with van der Waals surface area (Å²) in [5, 5.41) is 28.9. The van der Waals surface area contributed by atoms with Crippen molar-refractivity contribution in [3.63, 3.8) is 0 Å². The highest BCUT2D eigenvalue weighted by Gasteiger charge is 2.18. The molecule has 3 aromatic carbocycles. The van der Waals surface area contributed by atoms with Crippen molar-refractivity contribution in [1.82, 2.24) is 0 Å². The number of nitrogens with zero attached hydrogens (tertiary/aromatic N) is 2. The van der Waals surface area contributed by atoms with E-state index in [4.69, 9.17) is 11.6 Å². The Morgan fingerprint density at radius 2 is 1.85 bits per heavy atom. The highest BCUT2D eigenvalue weighted by atomic mass is 35.5. The number of rotatable bonds is 4. The number of carboxylic acid groups (broad SMARTS) is 1. The van der Waals surface area contributed by atoms with Gasteiger partial charge in [-0.05, 0) is 36.1 Å². The Hall–Kier alpha value is -2.81. The molecule has 3 rings (SSSR count). The summed E-state index contributed by atoms with van der Waals surface area (Å²) in [6.07, 6.45) is 0. The first-order valence-corrected chi connectivity index (χ1v) is 9.08. The van der Waals surface area contributed by atoms with Crippen molar-refractivity contribution in [2.24, 2.45) is 10.2 Å². The van der Waals surface area contributed by atoms with Crippen molar-refractivity contribution in [2.45, 2.75) is 11.8 Å². The number of aryl methyl sites for hydroxylation is 1. The van der Waals surface area contributed by atoms with E-state index in [1.807, 2.05) is 0 Å². The average Bonchev–Trinajstić information content (AvgIpc) is 2.62. The molecule has 0 aliphatic heterocycles. The van der Waals surface area contributed by atoms with Gasteiger partial charge in [0.25, 0.3) is 0 Å². The minimum atomic E-state index is -2.33. The largest absolute Gasteiger partial charge is 0.505 e. The molecule has 0 fully saturated rings. The molecule has 0 amide bonds. The number of carbonyl (C=O) groups is 1. The van der Waals surface area contributed by atoms with Crippen LogP contribution in [0, 0.1) is 6.92 Å². The summed E-state index contributed by atoms with van der Waals surface area (Å²) in [6.45, 7) is 1.68. The number of carboxylic acids is 1. The molecule has 3 aromatic rings. The molecule has 9 heteroatoms. The molecule has 0 saturated heterocycles. The van der Waals surface area contributed by atoms with Crippen LogP contribution in [0.3, 0.4) is 0 Å². The van der Waals surface area contributed by atoms with Gasteiger partial charge in [0.05, 0.1) is 4.90 Å². The van der Waals surface area contributed by atoms with Crippen LogP contribution in [-0.2, 0) is 11.1 Å². The number of azo groups is 1. The number of hydrogen-bond donors (Lipinski definition) is 3. The molecule has 0 saturated carbocycles. The minimum Gasteiger partial charge on any atom is -0.505 e. The summed E-state index contributed by atoms with van der Waals surface area (Å²) in [4.78, 5) is 11.4. The van der Waals surface area contributed by atoms with E-state index in [0.717, 1.165) is 0 Å². The highest BCUT2D eigenvalue weighted by molar-refractivity contribution is 7.79. The Bertz CT molecular complexity index is 1130. The zero-order chi connectivity index (χ0) is 19.7. The molecule has 0 radical (unpaired) electrons. The first-order valence-electron chi connectivity index (χ1n) is 7.60. The number of fused-ring (bicyclic) bond motifs is 1. The van der Waals surface area contributed by atoms with Gasteiger partial charge in [-0.25, -0.2) is 9.00 Å². The number of aromatic carboxylic acids is 1. The van der Waals surface area contributed by atoms with Crippen LogP contribution in [0.5, 0.6) is 5.75 Å². The van der Waals surface area contributed by atoms with Crippen molar-refractivity contribution in [1.29, 1.82) is 0 Å². The van der Waals surface area contributed by atoms with Crippen LogP contribution < -0.4 is 0 Å². The Morgan fingerprint density at radius 3 is 2.52 bits per heavy atom. The van der Waals surface area contributed by atoms with Crippen LogP contribution >= 0.6 is 11.6 Å². The molecule has 0 aliphatic carbocycles. The average molecular weight is 405 g/mol. The predicted octanol–water partition coefficient (Wildman–Crippen LogP) is 5.20. The Labute approximate surface area is 161 Å². The number of benzene rings is 3. The third-order valence-electron chi connectivity index (χ3n) is 3.91. The third-order valence-corrected chi connectivity index (χ3v) is 5.02. The monoisotopic (exact) mass is 404 g/mol. The molecule has 0 aromatic heterocycles. The van der Waals surface area contributed by atoms with Crippen molar-refractivity contribution < 1.29 is 23.8 Å². The lowest BCUT2D eigenvalue weighted by Crippen LogP contribution is -1.97. The van der Waals surface area contributed by atoms with E-state index in [-0.39, 0.29) is 21.8 Å². The third kappa shape index (κ3) is 3.68. The summed E-state index contributed by atoms with van der Waals surface area (Å²) < 4.78 is 21.0. The van der Waals surface area contributed by atoms with Crippen LogP contribution in [0.2, 0.25) is 5.02 Å². The first kappa shape index (κ1) is 19.0. The highest BCUT2D eigenvalue weighted by Crippen LogP contribution is 2.40. The summed E-state index contributed by atoms with van der Waals surface area (Å²) in [6, 6.07) is 10.9. The smallest absolute Gasteiger partial charge is 0.339 e. The van der Waals surface area contributed by atoms with Crippen LogP contribution in [-0.4, -0.2) is 24.9 Å². The SMILES string of the molecule is Cc1cc(S(=O)O)c(/N=N/c2c(O)c(C(=O)O)cc3ccccc23)cc1Cl. The number of phenols is 1. The van der Waals surface area contributed by atoms with Gasteiger partial charge in [-0.3, -0.25) is 0 Å². The molecular formula is C18H13ClN2O5S.